The molecular formula is C17H10ClNO. The first-order valence-corrected chi connectivity index (χ1v) is 6.73. The predicted octanol–water partition coefficient (Wildman–Crippen LogP) is 5.30. The molecule has 3 heteroatoms. The lowest BCUT2D eigenvalue weighted by atomic mass is 10.1. The van der Waals surface area contributed by atoms with Crippen LogP contribution in [0.15, 0.2) is 65.1 Å². The van der Waals surface area contributed by atoms with E-state index in [1.807, 2.05) is 48.5 Å². The number of fused-ring (bicyclic) bond motifs is 3. The second kappa shape index (κ2) is 4.36. The highest BCUT2D eigenvalue weighted by atomic mass is 35.5. The number of benzene rings is 3. The van der Waals surface area contributed by atoms with Gasteiger partial charge in [0.05, 0.1) is 0 Å². The maximum Gasteiger partial charge on any atom is 0.227 e. The highest BCUT2D eigenvalue weighted by molar-refractivity contribution is 6.30. The first-order chi connectivity index (χ1) is 9.81. The third-order valence-electron chi connectivity index (χ3n) is 3.35. The summed E-state index contributed by atoms with van der Waals surface area (Å²) in [5.41, 5.74) is 2.56. The molecule has 0 amide bonds. The maximum atomic E-state index is 6.02. The van der Waals surface area contributed by atoms with Gasteiger partial charge in [0.2, 0.25) is 5.89 Å². The fourth-order valence-electron chi connectivity index (χ4n) is 2.40. The van der Waals surface area contributed by atoms with Crippen molar-refractivity contribution in [2.75, 3.05) is 0 Å². The molecular weight excluding hydrogens is 270 g/mol. The summed E-state index contributed by atoms with van der Waals surface area (Å²) in [5, 5.41) is 2.90. The van der Waals surface area contributed by atoms with Crippen molar-refractivity contribution in [2.45, 2.75) is 0 Å². The van der Waals surface area contributed by atoms with E-state index in [2.05, 4.69) is 17.1 Å². The molecule has 0 radical (unpaired) electrons. The Morgan fingerprint density at radius 2 is 1.80 bits per heavy atom. The van der Waals surface area contributed by atoms with Crippen LogP contribution in [0.5, 0.6) is 0 Å². The van der Waals surface area contributed by atoms with E-state index in [0.717, 1.165) is 27.4 Å². The third-order valence-corrected chi connectivity index (χ3v) is 3.59. The second-order valence-electron chi connectivity index (χ2n) is 4.66. The highest BCUT2D eigenvalue weighted by Gasteiger charge is 2.10. The minimum Gasteiger partial charge on any atom is -0.435 e. The molecule has 0 bridgehead atoms. The van der Waals surface area contributed by atoms with Gasteiger partial charge in [-0.15, -0.1) is 0 Å². The highest BCUT2D eigenvalue weighted by Crippen LogP contribution is 2.30. The third kappa shape index (κ3) is 1.77. The molecule has 0 N–H and O–H groups in total. The monoisotopic (exact) mass is 279 g/mol. The number of hydrogen-bond donors (Lipinski definition) is 0. The molecule has 0 unspecified atom stereocenters. The van der Waals surface area contributed by atoms with Gasteiger partial charge < -0.3 is 4.42 Å². The Balaban J connectivity index is 2.01. The van der Waals surface area contributed by atoms with Crippen LogP contribution in [0.4, 0.5) is 0 Å². The van der Waals surface area contributed by atoms with Gasteiger partial charge in [-0.25, -0.2) is 4.98 Å². The average molecular weight is 280 g/mol. The van der Waals surface area contributed by atoms with Crippen LogP contribution in [-0.4, -0.2) is 4.98 Å². The van der Waals surface area contributed by atoms with Crippen molar-refractivity contribution in [1.82, 2.24) is 4.98 Å². The summed E-state index contributed by atoms with van der Waals surface area (Å²) in [7, 11) is 0. The van der Waals surface area contributed by atoms with E-state index >= 15 is 0 Å². The Bertz CT molecular complexity index is 926. The largest absolute Gasteiger partial charge is 0.435 e. The molecule has 0 aliphatic heterocycles. The fraction of sp³-hybridized carbons (Fsp3) is 0. The summed E-state index contributed by atoms with van der Waals surface area (Å²) in [6.07, 6.45) is 0. The van der Waals surface area contributed by atoms with Crippen molar-refractivity contribution >= 4 is 33.5 Å². The maximum absolute atomic E-state index is 6.02. The summed E-state index contributed by atoms with van der Waals surface area (Å²) < 4.78 is 5.95. The smallest absolute Gasteiger partial charge is 0.227 e. The molecule has 0 saturated heterocycles. The van der Waals surface area contributed by atoms with E-state index in [4.69, 9.17) is 16.0 Å². The molecule has 4 aromatic rings. The molecule has 0 aliphatic rings. The standard InChI is InChI=1S/C17H10ClNO/c18-13-6-3-5-12(10-13)17-19-15-9-8-11-4-1-2-7-14(11)16(15)20-17/h1-10H. The summed E-state index contributed by atoms with van der Waals surface area (Å²) >= 11 is 6.02. The van der Waals surface area contributed by atoms with Gasteiger partial charge in [-0.3, -0.25) is 0 Å². The Morgan fingerprint density at radius 1 is 0.900 bits per heavy atom. The summed E-state index contributed by atoms with van der Waals surface area (Å²) in [6.45, 7) is 0. The van der Waals surface area contributed by atoms with Crippen molar-refractivity contribution in [3.63, 3.8) is 0 Å². The number of oxazole rings is 1. The van der Waals surface area contributed by atoms with Gasteiger partial charge in [-0.1, -0.05) is 48.0 Å². The minimum atomic E-state index is 0.596. The van der Waals surface area contributed by atoms with Gasteiger partial charge in [0.25, 0.3) is 0 Å². The summed E-state index contributed by atoms with van der Waals surface area (Å²) in [4.78, 5) is 4.55. The van der Waals surface area contributed by atoms with E-state index < -0.39 is 0 Å². The van der Waals surface area contributed by atoms with Crippen LogP contribution in [0.3, 0.4) is 0 Å². The van der Waals surface area contributed by atoms with E-state index in [9.17, 15) is 0 Å². The number of nitrogens with zero attached hydrogens (tertiary/aromatic N) is 1. The van der Waals surface area contributed by atoms with Crippen LogP contribution in [0.2, 0.25) is 5.02 Å². The summed E-state index contributed by atoms with van der Waals surface area (Å²) in [6, 6.07) is 19.7. The predicted molar refractivity (Wildman–Crippen MR) is 82.0 cm³/mol. The van der Waals surface area contributed by atoms with Gasteiger partial charge in [0.1, 0.15) is 5.52 Å². The zero-order valence-corrected chi connectivity index (χ0v) is 11.3. The molecule has 20 heavy (non-hydrogen) atoms. The van der Waals surface area contributed by atoms with Crippen LogP contribution >= 0.6 is 11.6 Å². The Morgan fingerprint density at radius 3 is 2.70 bits per heavy atom. The van der Waals surface area contributed by atoms with Crippen LogP contribution in [0, 0.1) is 0 Å². The Kier molecular flexibility index (Phi) is 2.51. The molecule has 2 nitrogen and oxygen atoms in total. The molecule has 1 heterocycles. The number of halogens is 1. The molecule has 4 rings (SSSR count). The van der Waals surface area contributed by atoms with E-state index in [0.29, 0.717) is 10.9 Å². The van der Waals surface area contributed by atoms with Crippen molar-refractivity contribution in [1.29, 1.82) is 0 Å². The van der Waals surface area contributed by atoms with Crippen LogP contribution < -0.4 is 0 Å². The molecule has 0 saturated carbocycles. The van der Waals surface area contributed by atoms with Crippen LogP contribution in [0.25, 0.3) is 33.3 Å². The summed E-state index contributed by atoms with van der Waals surface area (Å²) in [5.74, 6) is 0.596. The van der Waals surface area contributed by atoms with E-state index in [1.54, 1.807) is 0 Å². The number of aromatic nitrogens is 1. The van der Waals surface area contributed by atoms with Gasteiger partial charge >= 0.3 is 0 Å². The first-order valence-electron chi connectivity index (χ1n) is 6.35. The molecule has 0 spiro atoms. The zero-order chi connectivity index (χ0) is 13.5. The minimum absolute atomic E-state index is 0.596. The molecule has 1 aromatic heterocycles. The van der Waals surface area contributed by atoms with Gasteiger partial charge in [0, 0.05) is 16.0 Å². The molecule has 3 aromatic carbocycles. The second-order valence-corrected chi connectivity index (χ2v) is 5.10. The van der Waals surface area contributed by atoms with Gasteiger partial charge in [-0.05, 0) is 29.7 Å². The number of hydrogen-bond acceptors (Lipinski definition) is 2. The Labute approximate surface area is 120 Å². The quantitative estimate of drug-likeness (QED) is 0.472. The molecule has 96 valence electrons. The van der Waals surface area contributed by atoms with Crippen molar-refractivity contribution in [3.8, 4) is 11.5 Å². The van der Waals surface area contributed by atoms with E-state index in [1.165, 1.54) is 0 Å². The molecule has 0 atom stereocenters. The lowest BCUT2D eigenvalue weighted by Crippen LogP contribution is -1.76. The number of rotatable bonds is 1. The van der Waals surface area contributed by atoms with Crippen molar-refractivity contribution in [3.05, 3.63) is 65.7 Å². The van der Waals surface area contributed by atoms with Crippen molar-refractivity contribution < 1.29 is 4.42 Å². The fourth-order valence-corrected chi connectivity index (χ4v) is 2.59. The lowest BCUT2D eigenvalue weighted by molar-refractivity contribution is 0.623. The van der Waals surface area contributed by atoms with Crippen LogP contribution in [-0.2, 0) is 0 Å². The topological polar surface area (TPSA) is 26.0 Å². The molecule has 0 aliphatic carbocycles. The van der Waals surface area contributed by atoms with Gasteiger partial charge in [0.15, 0.2) is 5.58 Å². The van der Waals surface area contributed by atoms with Gasteiger partial charge in [-0.2, -0.15) is 0 Å². The SMILES string of the molecule is Clc1cccc(-c2nc3ccc4ccccc4c3o2)c1. The first kappa shape index (κ1) is 11.5. The zero-order valence-electron chi connectivity index (χ0n) is 10.5. The Hall–Kier alpha value is -2.32. The van der Waals surface area contributed by atoms with E-state index in [-0.39, 0.29) is 0 Å². The average Bonchev–Trinajstić information content (AvgIpc) is 2.92. The normalized spacial score (nSPS) is 11.2. The molecule has 0 fully saturated rings. The van der Waals surface area contributed by atoms with Crippen LogP contribution in [0.1, 0.15) is 0 Å². The lowest BCUT2D eigenvalue weighted by Gasteiger charge is -1.96. The van der Waals surface area contributed by atoms with Crippen molar-refractivity contribution in [2.24, 2.45) is 0 Å².